The number of hydrogen-bond donors (Lipinski definition) is 1. The highest BCUT2D eigenvalue weighted by molar-refractivity contribution is 6.08. The second-order valence-corrected chi connectivity index (χ2v) is 7.77. The van der Waals surface area contributed by atoms with Crippen molar-refractivity contribution < 1.29 is 18.4 Å². The Morgan fingerprint density at radius 3 is 2.58 bits per heavy atom. The molecule has 5 rings (SSSR count). The first-order valence-corrected chi connectivity index (χ1v) is 10.5. The molecule has 2 amide bonds. The van der Waals surface area contributed by atoms with Crippen LogP contribution in [0.4, 0.5) is 15.8 Å². The highest BCUT2D eigenvalue weighted by Gasteiger charge is 2.23. The van der Waals surface area contributed by atoms with Gasteiger partial charge in [-0.3, -0.25) is 9.59 Å². The van der Waals surface area contributed by atoms with E-state index in [1.807, 2.05) is 12.1 Å². The van der Waals surface area contributed by atoms with Crippen LogP contribution < -0.4 is 10.2 Å². The van der Waals surface area contributed by atoms with Crippen molar-refractivity contribution in [3.8, 4) is 22.8 Å². The Labute approximate surface area is 189 Å². The summed E-state index contributed by atoms with van der Waals surface area (Å²) < 4.78 is 19.9. The molecule has 0 atom stereocenters. The van der Waals surface area contributed by atoms with Gasteiger partial charge in [-0.2, -0.15) is 0 Å². The largest absolute Gasteiger partial charge is 0.436 e. The number of oxazole rings is 1. The van der Waals surface area contributed by atoms with Gasteiger partial charge in [-0.15, -0.1) is 0 Å². The molecule has 1 N–H and O–H groups in total. The van der Waals surface area contributed by atoms with E-state index in [2.05, 4.69) is 10.3 Å². The van der Waals surface area contributed by atoms with Crippen LogP contribution >= 0.6 is 0 Å². The Bertz CT molecular complexity index is 1380. The second kappa shape index (κ2) is 8.35. The Balaban J connectivity index is 1.42. The first-order valence-electron chi connectivity index (χ1n) is 10.5. The van der Waals surface area contributed by atoms with E-state index < -0.39 is 5.82 Å². The summed E-state index contributed by atoms with van der Waals surface area (Å²) in [6.07, 6.45) is 2.19. The number of aromatic nitrogens is 1. The Kier molecular flexibility index (Phi) is 5.22. The molecule has 0 radical (unpaired) electrons. The zero-order valence-electron chi connectivity index (χ0n) is 17.8. The minimum atomic E-state index is -0.411. The van der Waals surface area contributed by atoms with Crippen LogP contribution in [0.1, 0.15) is 22.8 Å². The van der Waals surface area contributed by atoms with Gasteiger partial charge in [-0.25, -0.2) is 9.37 Å². The van der Waals surface area contributed by atoms with Crippen molar-refractivity contribution in [2.75, 3.05) is 16.8 Å². The molecule has 1 aromatic heterocycles. The average Bonchev–Trinajstić information content (AvgIpc) is 3.46. The topological polar surface area (TPSA) is 75.4 Å². The summed E-state index contributed by atoms with van der Waals surface area (Å²) in [6, 6.07) is 18.8. The number of amides is 2. The smallest absolute Gasteiger partial charge is 0.256 e. The molecular weight excluding hydrogens is 421 g/mol. The van der Waals surface area contributed by atoms with Crippen LogP contribution in [0.25, 0.3) is 22.8 Å². The SMILES string of the molecule is CC(=O)N1CCc2cc(NC(=O)c3ccccc3-c3ncc(-c4ccccc4F)o3)ccc21. The number of rotatable bonds is 4. The summed E-state index contributed by atoms with van der Waals surface area (Å²) in [5.41, 5.74) is 3.71. The third-order valence-corrected chi connectivity index (χ3v) is 5.66. The fraction of sp³-hybridized carbons (Fsp3) is 0.115. The Hall–Kier alpha value is -4.26. The normalized spacial score (nSPS) is 12.5. The minimum Gasteiger partial charge on any atom is -0.436 e. The maximum Gasteiger partial charge on any atom is 0.256 e. The van der Waals surface area contributed by atoms with Crippen LogP contribution in [-0.2, 0) is 11.2 Å². The van der Waals surface area contributed by atoms with Gasteiger partial charge in [0.25, 0.3) is 5.91 Å². The second-order valence-electron chi connectivity index (χ2n) is 7.77. The van der Waals surface area contributed by atoms with Crippen molar-refractivity contribution in [1.29, 1.82) is 0 Å². The summed E-state index contributed by atoms with van der Waals surface area (Å²) in [5.74, 6) is -0.221. The molecule has 0 saturated carbocycles. The van der Waals surface area contributed by atoms with Gasteiger partial charge in [0.1, 0.15) is 5.82 Å². The van der Waals surface area contributed by atoms with E-state index in [-0.39, 0.29) is 23.5 Å². The molecule has 0 aliphatic carbocycles. The highest BCUT2D eigenvalue weighted by Crippen LogP contribution is 2.32. The lowest BCUT2D eigenvalue weighted by Crippen LogP contribution is -2.25. The quantitative estimate of drug-likeness (QED) is 0.466. The first-order chi connectivity index (χ1) is 16.0. The number of carbonyl (C=O) groups is 2. The summed E-state index contributed by atoms with van der Waals surface area (Å²) >= 11 is 0. The van der Waals surface area contributed by atoms with E-state index in [9.17, 15) is 14.0 Å². The predicted octanol–water partition coefficient (Wildman–Crippen LogP) is 5.31. The molecule has 0 spiro atoms. The van der Waals surface area contributed by atoms with E-state index in [0.29, 0.717) is 28.9 Å². The van der Waals surface area contributed by atoms with E-state index in [0.717, 1.165) is 17.7 Å². The monoisotopic (exact) mass is 441 g/mol. The third-order valence-electron chi connectivity index (χ3n) is 5.66. The lowest BCUT2D eigenvalue weighted by Gasteiger charge is -2.15. The molecular formula is C26H20FN3O3. The maximum atomic E-state index is 14.1. The number of fused-ring (bicyclic) bond motifs is 1. The average molecular weight is 441 g/mol. The molecule has 0 bridgehead atoms. The number of nitrogens with one attached hydrogen (secondary N) is 1. The molecule has 3 aromatic carbocycles. The lowest BCUT2D eigenvalue weighted by atomic mass is 10.1. The molecule has 4 aromatic rings. The molecule has 1 aliphatic rings. The number of halogens is 1. The van der Waals surface area contributed by atoms with Crippen molar-refractivity contribution >= 4 is 23.2 Å². The van der Waals surface area contributed by atoms with Gasteiger partial charge in [0.05, 0.1) is 17.3 Å². The van der Waals surface area contributed by atoms with Crippen LogP contribution in [0.5, 0.6) is 0 Å². The van der Waals surface area contributed by atoms with E-state index >= 15 is 0 Å². The summed E-state index contributed by atoms with van der Waals surface area (Å²) in [4.78, 5) is 30.9. The fourth-order valence-corrected chi connectivity index (χ4v) is 4.06. The van der Waals surface area contributed by atoms with Crippen molar-refractivity contribution in [2.45, 2.75) is 13.3 Å². The number of hydrogen-bond acceptors (Lipinski definition) is 4. The number of anilines is 2. The molecule has 1 aliphatic heterocycles. The number of carbonyl (C=O) groups excluding carboxylic acids is 2. The van der Waals surface area contributed by atoms with Gasteiger partial charge in [-0.1, -0.05) is 24.3 Å². The molecule has 0 saturated heterocycles. The van der Waals surface area contributed by atoms with Crippen LogP contribution in [-0.4, -0.2) is 23.3 Å². The van der Waals surface area contributed by atoms with Crippen molar-refractivity contribution in [3.63, 3.8) is 0 Å². The van der Waals surface area contributed by atoms with E-state index in [1.165, 1.54) is 12.3 Å². The Morgan fingerprint density at radius 2 is 1.79 bits per heavy atom. The van der Waals surface area contributed by atoms with Crippen molar-refractivity contribution in [3.05, 3.63) is 89.9 Å². The molecule has 7 heteroatoms. The lowest BCUT2D eigenvalue weighted by molar-refractivity contribution is -0.116. The van der Waals surface area contributed by atoms with E-state index in [1.54, 1.807) is 60.4 Å². The molecule has 0 fully saturated rings. The van der Waals surface area contributed by atoms with Crippen molar-refractivity contribution in [1.82, 2.24) is 4.98 Å². The van der Waals surface area contributed by atoms with Gasteiger partial charge in [0, 0.05) is 30.4 Å². The molecule has 33 heavy (non-hydrogen) atoms. The number of nitrogens with zero attached hydrogens (tertiary/aromatic N) is 2. The van der Waals surface area contributed by atoms with E-state index in [4.69, 9.17) is 4.42 Å². The van der Waals surface area contributed by atoms with Crippen LogP contribution in [0.3, 0.4) is 0 Å². The minimum absolute atomic E-state index is 0.000152. The molecule has 2 heterocycles. The Morgan fingerprint density at radius 1 is 1.03 bits per heavy atom. The molecule has 6 nitrogen and oxygen atoms in total. The number of benzene rings is 3. The zero-order valence-corrected chi connectivity index (χ0v) is 17.8. The molecule has 164 valence electrons. The van der Waals surface area contributed by atoms with Gasteiger partial charge in [-0.05, 0) is 54.4 Å². The van der Waals surface area contributed by atoms with Crippen LogP contribution in [0.2, 0.25) is 0 Å². The van der Waals surface area contributed by atoms with Gasteiger partial charge < -0.3 is 14.6 Å². The third kappa shape index (κ3) is 3.89. The first kappa shape index (κ1) is 20.6. The van der Waals surface area contributed by atoms with Gasteiger partial charge in [0.15, 0.2) is 5.76 Å². The van der Waals surface area contributed by atoms with Crippen LogP contribution in [0.15, 0.2) is 77.3 Å². The fourth-order valence-electron chi connectivity index (χ4n) is 4.06. The molecule has 0 unspecified atom stereocenters. The zero-order chi connectivity index (χ0) is 22.9. The maximum absolute atomic E-state index is 14.1. The van der Waals surface area contributed by atoms with Gasteiger partial charge >= 0.3 is 0 Å². The summed E-state index contributed by atoms with van der Waals surface area (Å²) in [7, 11) is 0. The van der Waals surface area contributed by atoms with Gasteiger partial charge in [0.2, 0.25) is 11.8 Å². The van der Waals surface area contributed by atoms with Crippen molar-refractivity contribution in [2.24, 2.45) is 0 Å². The summed E-state index contributed by atoms with van der Waals surface area (Å²) in [6.45, 7) is 2.18. The predicted molar refractivity (Wildman–Crippen MR) is 123 cm³/mol. The standard InChI is InChI=1S/C26H20FN3O3/c1-16(31)30-13-12-17-14-18(10-11-23(17)30)29-25(32)19-6-2-3-7-20(19)26-28-15-24(33-26)21-8-4-5-9-22(21)27/h2-11,14-15H,12-13H2,1H3,(H,29,32). The summed E-state index contributed by atoms with van der Waals surface area (Å²) in [5, 5.41) is 2.92. The van der Waals surface area contributed by atoms with Crippen LogP contribution in [0, 0.1) is 5.82 Å². The highest BCUT2D eigenvalue weighted by atomic mass is 19.1.